The van der Waals surface area contributed by atoms with Crippen LogP contribution in [0.3, 0.4) is 0 Å². The summed E-state index contributed by atoms with van der Waals surface area (Å²) in [5, 5.41) is 1.34. The zero-order valence-corrected chi connectivity index (χ0v) is 4.12. The minimum absolute atomic E-state index is 1.34. The quantitative estimate of drug-likeness (QED) is 0.525. The van der Waals surface area contributed by atoms with E-state index in [1.54, 1.807) is 0 Å². The van der Waals surface area contributed by atoms with E-state index >= 15 is 0 Å². The predicted molar refractivity (Wildman–Crippen MR) is 25.5 cm³/mol. The van der Waals surface area contributed by atoms with E-state index in [9.17, 15) is 0 Å². The Morgan fingerprint density at radius 1 is 1.60 bits per heavy atom. The third-order valence-corrected chi connectivity index (χ3v) is 0.707. The fourth-order valence-electron chi connectivity index (χ4n) is 0.354. The van der Waals surface area contributed by atoms with Crippen molar-refractivity contribution in [2.24, 2.45) is 0 Å². The summed E-state index contributed by atoms with van der Waals surface area (Å²) in [6, 6.07) is 0. The van der Waals surface area contributed by atoms with Crippen LogP contribution in [0.15, 0.2) is 0 Å². The Labute approximate surface area is 43.2 Å². The van der Waals surface area contributed by atoms with Crippen LogP contribution in [0.1, 0.15) is 19.8 Å². The van der Waals surface area contributed by atoms with Crippen molar-refractivity contribution in [3.8, 4) is 0 Å². The summed E-state index contributed by atoms with van der Waals surface area (Å²) in [6.45, 7) is 2.21. The number of rotatable bonds is 2. The van der Waals surface area contributed by atoms with Gasteiger partial charge in [-0.2, -0.15) is 0 Å². The summed E-state index contributed by atoms with van der Waals surface area (Å²) in [7, 11) is 0. The fourth-order valence-corrected chi connectivity index (χ4v) is 0.354. The molecule has 1 heteroatoms. The maximum atomic E-state index is 2.21. The van der Waals surface area contributed by atoms with Crippen LogP contribution >= 0.6 is 0 Å². The zero-order valence-electron chi connectivity index (χ0n) is 4.12. The average molecular weight is 153 g/mol. The second kappa shape index (κ2) is 4.60. The minimum atomic E-state index is 1.34. The van der Waals surface area contributed by atoms with E-state index in [2.05, 4.69) is 24.6 Å². The van der Waals surface area contributed by atoms with Crippen molar-refractivity contribution in [3.63, 3.8) is 0 Å². The molecule has 0 radical (unpaired) electrons. The zero-order chi connectivity index (χ0) is 4.12. The second-order valence-electron chi connectivity index (χ2n) is 1.35. The molecule has 0 atom stereocenters. The molecular formula is C4H9Li. The van der Waals surface area contributed by atoms with E-state index in [0.29, 0.717) is 0 Å². The molecule has 26 valence electrons. The monoisotopic (exact) mass is 153 g/mol. The van der Waals surface area contributed by atoms with Crippen molar-refractivity contribution < 1.29 is 0 Å². The molecule has 0 spiro atoms. The topological polar surface area (TPSA) is 0 Å². The molecule has 0 aliphatic heterocycles. The van der Waals surface area contributed by atoms with Gasteiger partial charge in [0, 0.05) is 0 Å². The van der Waals surface area contributed by atoms with Crippen molar-refractivity contribution in [2.45, 2.75) is 24.9 Å². The molecule has 0 N–H and O–H groups in total. The molecule has 0 unspecified atom stereocenters. The molecule has 0 saturated heterocycles. The predicted octanol–water partition coefficient (Wildman–Crippen LogP) is 1.37. The van der Waals surface area contributed by atoms with E-state index in [-0.39, 0.29) is 0 Å². The first-order valence-corrected chi connectivity index (χ1v) is 2.41. The van der Waals surface area contributed by atoms with Crippen LogP contribution in [0.2, 0.25) is 5.09 Å². The van der Waals surface area contributed by atoms with Crippen LogP contribution in [0, 0.1) is 0 Å². The van der Waals surface area contributed by atoms with Crippen molar-refractivity contribution in [1.82, 2.24) is 0 Å². The summed E-state index contributed by atoms with van der Waals surface area (Å²) < 4.78 is 0. The normalized spacial score (nSPS) is 8.60. The van der Waals surface area contributed by atoms with Gasteiger partial charge in [0.1, 0.15) is 0 Å². The first-order chi connectivity index (χ1) is 2.41. The molecule has 0 aliphatic carbocycles. The third kappa shape index (κ3) is 4.60. The summed E-state index contributed by atoms with van der Waals surface area (Å²) >= 11 is 2.21. The van der Waals surface area contributed by atoms with E-state index in [1.807, 2.05) is 0 Å². The first kappa shape index (κ1) is 5.60. The molecular weight excluding hydrogens is 144 g/mol. The molecule has 0 aliphatic rings. The van der Waals surface area contributed by atoms with Crippen LogP contribution in [-0.2, 0) is 0 Å². The standard InChI is InChI=1S/C4H9.Li/c1-3-4-2;/h1,3-4H2,2H3;/i;1+89. The van der Waals surface area contributed by atoms with Gasteiger partial charge in [-0.25, -0.2) is 0 Å². The Morgan fingerprint density at radius 3 is 2.20 bits per heavy atom. The Balaban J connectivity index is 2.19. The summed E-state index contributed by atoms with van der Waals surface area (Å²) in [5.41, 5.74) is 0. The van der Waals surface area contributed by atoms with Crippen LogP contribution in [0.5, 0.6) is 0 Å². The van der Waals surface area contributed by atoms with Gasteiger partial charge in [0.15, 0.2) is 0 Å². The van der Waals surface area contributed by atoms with Gasteiger partial charge in [0.2, 0.25) is 0 Å². The van der Waals surface area contributed by atoms with Gasteiger partial charge in [-0.05, 0) is 0 Å². The fraction of sp³-hybridized carbons (Fsp3) is 1.00. The summed E-state index contributed by atoms with van der Waals surface area (Å²) in [4.78, 5) is 0. The van der Waals surface area contributed by atoms with Gasteiger partial charge in [-0.3, -0.25) is 0 Å². The van der Waals surface area contributed by atoms with Gasteiger partial charge >= 0.3 is 42.6 Å². The van der Waals surface area contributed by atoms with Crippen molar-refractivity contribution in [3.05, 3.63) is 0 Å². The molecule has 0 amide bonds. The van der Waals surface area contributed by atoms with Gasteiger partial charge in [-0.15, -0.1) is 0 Å². The summed E-state index contributed by atoms with van der Waals surface area (Å²) in [5.74, 6) is 0. The molecule has 0 saturated carbocycles. The third-order valence-electron chi connectivity index (χ3n) is 0.707. The Bertz CT molecular complexity index is 11.1. The molecule has 0 heterocycles. The van der Waals surface area contributed by atoms with Crippen LogP contribution in [-0.4, -0.2) is 17.7 Å². The molecule has 5 heavy (non-hydrogen) atoms. The maximum absolute atomic E-state index is 2.21. The van der Waals surface area contributed by atoms with E-state index in [4.69, 9.17) is 0 Å². The first-order valence-electron chi connectivity index (χ1n) is 2.41. The molecule has 0 aromatic carbocycles. The molecule has 0 aromatic heterocycles. The number of hydrogen-bond donors (Lipinski definition) is 0. The van der Waals surface area contributed by atoms with E-state index < -0.39 is 0 Å². The van der Waals surface area contributed by atoms with Crippen molar-refractivity contribution >= 4 is 17.7 Å². The van der Waals surface area contributed by atoms with E-state index in [1.165, 1.54) is 17.9 Å². The summed E-state index contributed by atoms with van der Waals surface area (Å²) in [6.07, 6.45) is 2.73. The van der Waals surface area contributed by atoms with Gasteiger partial charge in [0.05, 0.1) is 0 Å². The van der Waals surface area contributed by atoms with Crippen LogP contribution in [0.25, 0.3) is 0 Å². The van der Waals surface area contributed by atoms with Crippen molar-refractivity contribution in [1.29, 1.82) is 0 Å². The Morgan fingerprint density at radius 2 is 2.20 bits per heavy atom. The number of hydrogen-bond acceptors (Lipinski definition) is 0. The molecule has 0 rings (SSSR count). The number of unbranched alkanes of at least 4 members (excludes halogenated alkanes) is 1. The second-order valence-corrected chi connectivity index (χ2v) is 1.35. The molecule has 0 aromatic rings. The van der Waals surface area contributed by atoms with Crippen molar-refractivity contribution in [2.75, 3.05) is 0 Å². The molecule has 0 fully saturated rings. The van der Waals surface area contributed by atoms with Gasteiger partial charge < -0.3 is 0 Å². The van der Waals surface area contributed by atoms with Crippen LogP contribution in [0.4, 0.5) is 0 Å². The van der Waals surface area contributed by atoms with Crippen LogP contribution < -0.4 is 0 Å². The van der Waals surface area contributed by atoms with Gasteiger partial charge in [0.25, 0.3) is 0 Å². The van der Waals surface area contributed by atoms with Gasteiger partial charge in [-0.1, -0.05) is 0 Å². The molecule has 0 bridgehead atoms. The Kier molecular flexibility index (Phi) is 5.15. The average Bonchev–Trinajstić information content (AvgIpc) is 1.41. The Hall–Kier alpha value is 0.597. The SMILES string of the molecule is [96Li][CH2]CCC. The molecule has 0 nitrogen and oxygen atoms in total. The van der Waals surface area contributed by atoms with E-state index in [0.717, 1.165) is 0 Å².